The van der Waals surface area contributed by atoms with Gasteiger partial charge in [0, 0.05) is 13.6 Å². The van der Waals surface area contributed by atoms with E-state index >= 15 is 0 Å². The summed E-state index contributed by atoms with van der Waals surface area (Å²) in [6.07, 6.45) is 3.97. The van der Waals surface area contributed by atoms with Crippen LogP contribution < -0.4 is 10.6 Å². The van der Waals surface area contributed by atoms with Crippen LogP contribution in [0.25, 0.3) is 0 Å². The van der Waals surface area contributed by atoms with Gasteiger partial charge in [0.15, 0.2) is 0 Å². The van der Waals surface area contributed by atoms with E-state index in [1.807, 2.05) is 6.92 Å². The highest BCUT2D eigenvalue weighted by Crippen LogP contribution is 2.11. The first-order chi connectivity index (χ1) is 7.07. The molecule has 0 bridgehead atoms. The Morgan fingerprint density at radius 3 is 2.67 bits per heavy atom. The van der Waals surface area contributed by atoms with Crippen LogP contribution in [0.5, 0.6) is 0 Å². The van der Waals surface area contributed by atoms with E-state index in [-0.39, 0.29) is 0 Å². The zero-order valence-electron chi connectivity index (χ0n) is 9.41. The van der Waals surface area contributed by atoms with Crippen molar-refractivity contribution in [3.63, 3.8) is 0 Å². The first-order valence-corrected chi connectivity index (χ1v) is 5.03. The summed E-state index contributed by atoms with van der Waals surface area (Å²) in [7, 11) is 1.79. The molecule has 0 aliphatic carbocycles. The average Bonchev–Trinajstić information content (AvgIpc) is 2.27. The third-order valence-corrected chi connectivity index (χ3v) is 2.30. The number of anilines is 2. The van der Waals surface area contributed by atoms with Crippen molar-refractivity contribution in [2.75, 3.05) is 24.2 Å². The predicted molar refractivity (Wildman–Crippen MR) is 61.0 cm³/mol. The molecule has 1 heterocycles. The highest BCUT2D eigenvalue weighted by Gasteiger charge is 2.16. The fourth-order valence-electron chi connectivity index (χ4n) is 0.978. The SMILES string of the molecule is CCC(C)(O)CNc1cncc(NC)n1. The van der Waals surface area contributed by atoms with E-state index in [1.54, 1.807) is 26.4 Å². The minimum atomic E-state index is -0.711. The van der Waals surface area contributed by atoms with E-state index in [2.05, 4.69) is 20.6 Å². The maximum atomic E-state index is 9.78. The highest BCUT2D eigenvalue weighted by atomic mass is 16.3. The molecule has 0 saturated carbocycles. The predicted octanol–water partition coefficient (Wildman–Crippen LogP) is 1.09. The van der Waals surface area contributed by atoms with E-state index < -0.39 is 5.60 Å². The van der Waals surface area contributed by atoms with Crippen molar-refractivity contribution in [2.45, 2.75) is 25.9 Å². The van der Waals surface area contributed by atoms with Crippen molar-refractivity contribution < 1.29 is 5.11 Å². The topological polar surface area (TPSA) is 70.1 Å². The summed E-state index contributed by atoms with van der Waals surface area (Å²) in [6, 6.07) is 0. The Hall–Kier alpha value is -1.36. The van der Waals surface area contributed by atoms with Gasteiger partial charge in [0.1, 0.15) is 11.6 Å². The fraction of sp³-hybridized carbons (Fsp3) is 0.600. The lowest BCUT2D eigenvalue weighted by atomic mass is 10.0. The second kappa shape index (κ2) is 4.93. The van der Waals surface area contributed by atoms with Gasteiger partial charge in [0.2, 0.25) is 0 Å². The van der Waals surface area contributed by atoms with Gasteiger partial charge in [-0.2, -0.15) is 0 Å². The normalized spacial score (nSPS) is 14.4. The van der Waals surface area contributed by atoms with Crippen LogP contribution in [-0.4, -0.2) is 34.3 Å². The maximum Gasteiger partial charge on any atom is 0.147 e. The average molecular weight is 210 g/mol. The lowest BCUT2D eigenvalue weighted by Crippen LogP contribution is -2.32. The fourth-order valence-corrected chi connectivity index (χ4v) is 0.978. The summed E-state index contributed by atoms with van der Waals surface area (Å²) < 4.78 is 0. The number of aromatic nitrogens is 2. The Kier molecular flexibility index (Phi) is 3.85. The van der Waals surface area contributed by atoms with Crippen molar-refractivity contribution >= 4 is 11.6 Å². The van der Waals surface area contributed by atoms with Crippen LogP contribution in [-0.2, 0) is 0 Å². The van der Waals surface area contributed by atoms with Crippen molar-refractivity contribution in [1.82, 2.24) is 9.97 Å². The van der Waals surface area contributed by atoms with E-state index in [1.165, 1.54) is 0 Å². The summed E-state index contributed by atoms with van der Waals surface area (Å²) in [4.78, 5) is 8.25. The Balaban J connectivity index is 2.57. The van der Waals surface area contributed by atoms with Crippen LogP contribution >= 0.6 is 0 Å². The number of nitrogens with one attached hydrogen (secondary N) is 2. The Morgan fingerprint density at radius 1 is 1.40 bits per heavy atom. The summed E-state index contributed by atoms with van der Waals surface area (Å²) in [6.45, 7) is 4.19. The van der Waals surface area contributed by atoms with Gasteiger partial charge >= 0.3 is 0 Å². The summed E-state index contributed by atoms with van der Waals surface area (Å²) in [5.74, 6) is 1.37. The molecular weight excluding hydrogens is 192 g/mol. The third-order valence-electron chi connectivity index (χ3n) is 2.30. The lowest BCUT2D eigenvalue weighted by molar-refractivity contribution is 0.0696. The molecule has 1 aromatic rings. The monoisotopic (exact) mass is 210 g/mol. The molecule has 5 heteroatoms. The van der Waals surface area contributed by atoms with E-state index in [9.17, 15) is 5.11 Å². The van der Waals surface area contributed by atoms with Crippen LogP contribution in [0.4, 0.5) is 11.6 Å². The molecule has 0 aromatic carbocycles. The van der Waals surface area contributed by atoms with Gasteiger partial charge in [-0.3, -0.25) is 4.98 Å². The quantitative estimate of drug-likeness (QED) is 0.678. The molecule has 0 radical (unpaired) electrons. The molecule has 0 saturated heterocycles. The summed E-state index contributed by atoms with van der Waals surface area (Å²) >= 11 is 0. The molecule has 15 heavy (non-hydrogen) atoms. The zero-order valence-corrected chi connectivity index (χ0v) is 9.41. The standard InChI is InChI=1S/C10H18N4O/c1-4-10(2,15)7-13-9-6-12-5-8(11-3)14-9/h5-6,15H,4,7H2,1-3H3,(H2,11,13,14). The first-order valence-electron chi connectivity index (χ1n) is 5.03. The second-order valence-electron chi connectivity index (χ2n) is 3.74. The van der Waals surface area contributed by atoms with E-state index in [0.717, 1.165) is 0 Å². The summed E-state index contributed by atoms with van der Waals surface area (Å²) in [5.41, 5.74) is -0.711. The summed E-state index contributed by atoms with van der Waals surface area (Å²) in [5, 5.41) is 15.7. The van der Waals surface area contributed by atoms with Gasteiger partial charge in [0.25, 0.3) is 0 Å². The molecule has 1 aromatic heterocycles. The molecule has 84 valence electrons. The zero-order chi connectivity index (χ0) is 11.3. The number of nitrogens with zero attached hydrogens (tertiary/aromatic N) is 2. The van der Waals surface area contributed by atoms with Crippen molar-refractivity contribution in [1.29, 1.82) is 0 Å². The number of rotatable bonds is 5. The molecule has 0 aliphatic rings. The van der Waals surface area contributed by atoms with Gasteiger partial charge in [-0.1, -0.05) is 6.92 Å². The van der Waals surface area contributed by atoms with Crippen molar-refractivity contribution in [3.8, 4) is 0 Å². The molecular formula is C10H18N4O. The highest BCUT2D eigenvalue weighted by molar-refractivity contribution is 5.41. The third kappa shape index (κ3) is 3.71. The van der Waals surface area contributed by atoms with Crippen LogP contribution in [0.3, 0.4) is 0 Å². The molecule has 1 rings (SSSR count). The molecule has 0 spiro atoms. The van der Waals surface area contributed by atoms with E-state index in [4.69, 9.17) is 0 Å². The van der Waals surface area contributed by atoms with Gasteiger partial charge in [0.05, 0.1) is 18.0 Å². The lowest BCUT2D eigenvalue weighted by Gasteiger charge is -2.21. The molecule has 1 atom stereocenters. The smallest absolute Gasteiger partial charge is 0.147 e. The molecule has 5 nitrogen and oxygen atoms in total. The van der Waals surface area contributed by atoms with Crippen LogP contribution in [0.2, 0.25) is 0 Å². The second-order valence-corrected chi connectivity index (χ2v) is 3.74. The Labute approximate surface area is 90.0 Å². The molecule has 0 aliphatic heterocycles. The Bertz CT molecular complexity index is 314. The molecule has 0 amide bonds. The van der Waals surface area contributed by atoms with Gasteiger partial charge in [-0.05, 0) is 13.3 Å². The van der Waals surface area contributed by atoms with Crippen LogP contribution in [0.15, 0.2) is 12.4 Å². The van der Waals surface area contributed by atoms with Crippen LogP contribution in [0, 0.1) is 0 Å². The molecule has 1 unspecified atom stereocenters. The van der Waals surface area contributed by atoms with E-state index in [0.29, 0.717) is 24.6 Å². The first kappa shape index (κ1) is 11.7. The van der Waals surface area contributed by atoms with Gasteiger partial charge < -0.3 is 15.7 Å². The molecule has 0 fully saturated rings. The van der Waals surface area contributed by atoms with Crippen LogP contribution in [0.1, 0.15) is 20.3 Å². The minimum absolute atomic E-state index is 0.464. The number of hydrogen-bond acceptors (Lipinski definition) is 5. The number of hydrogen-bond donors (Lipinski definition) is 3. The number of aliphatic hydroxyl groups is 1. The van der Waals surface area contributed by atoms with Crippen molar-refractivity contribution in [3.05, 3.63) is 12.4 Å². The van der Waals surface area contributed by atoms with Gasteiger partial charge in [-0.25, -0.2) is 4.98 Å². The minimum Gasteiger partial charge on any atom is -0.388 e. The maximum absolute atomic E-state index is 9.78. The van der Waals surface area contributed by atoms with Gasteiger partial charge in [-0.15, -0.1) is 0 Å². The molecule has 3 N–H and O–H groups in total. The Morgan fingerprint density at radius 2 is 2.07 bits per heavy atom. The largest absolute Gasteiger partial charge is 0.388 e. The van der Waals surface area contributed by atoms with Crippen molar-refractivity contribution in [2.24, 2.45) is 0 Å².